The maximum Gasteiger partial charge on any atom is 0.271 e. The van der Waals surface area contributed by atoms with Gasteiger partial charge < -0.3 is 4.90 Å². The number of hydrogen-bond donors (Lipinski definition) is 0. The smallest absolute Gasteiger partial charge is 0.271 e. The minimum atomic E-state index is -0.573. The lowest BCUT2D eigenvalue weighted by Gasteiger charge is -2.29. The number of benzene rings is 1. The highest BCUT2D eigenvalue weighted by molar-refractivity contribution is 7.07. The van der Waals surface area contributed by atoms with Crippen LogP contribution in [-0.2, 0) is 4.79 Å². The van der Waals surface area contributed by atoms with Gasteiger partial charge in [0.1, 0.15) is 0 Å². The summed E-state index contributed by atoms with van der Waals surface area (Å²) in [5.74, 6) is -0.111. The van der Waals surface area contributed by atoms with E-state index in [-0.39, 0.29) is 11.5 Å². The Hall–Kier alpha value is -3.03. The number of fused-ring (bicyclic) bond motifs is 1. The second-order valence-electron chi connectivity index (χ2n) is 7.39. The number of halogens is 1. The number of hydrogen-bond acceptors (Lipinski definition) is 5. The van der Waals surface area contributed by atoms with Crippen LogP contribution in [0.5, 0.6) is 0 Å². The summed E-state index contributed by atoms with van der Waals surface area (Å²) >= 11 is 7.44. The van der Waals surface area contributed by atoms with Crippen molar-refractivity contribution in [2.45, 2.75) is 26.8 Å². The third kappa shape index (κ3) is 4.06. The van der Waals surface area contributed by atoms with Crippen molar-refractivity contribution in [3.8, 4) is 0 Å². The van der Waals surface area contributed by atoms with Gasteiger partial charge >= 0.3 is 0 Å². The van der Waals surface area contributed by atoms with E-state index in [9.17, 15) is 9.59 Å². The fourth-order valence-corrected chi connectivity index (χ4v) is 5.02. The highest BCUT2D eigenvalue weighted by atomic mass is 35.5. The van der Waals surface area contributed by atoms with Gasteiger partial charge in [-0.3, -0.25) is 19.1 Å². The van der Waals surface area contributed by atoms with Gasteiger partial charge in [-0.1, -0.05) is 35.1 Å². The number of aromatic nitrogens is 2. The van der Waals surface area contributed by atoms with Gasteiger partial charge in [-0.05, 0) is 62.2 Å². The third-order valence-electron chi connectivity index (χ3n) is 5.49. The molecule has 1 atom stereocenters. The molecule has 0 bridgehead atoms. The standard InChI is InChI=1S/C24H23ClN4O2S/c1-4-28(5-2)23(31)20-15(3)27-24-29(21(20)17-6-8-18(25)9-7-17)22(30)19(32-24)14-16-10-12-26-13-11-16/h6-14,21H,4-5H2,1-3H3/b19-14+/t21-/m1/s1. The Morgan fingerprint density at radius 3 is 2.44 bits per heavy atom. The number of carbonyl (C=O) groups is 1. The normalized spacial score (nSPS) is 16.0. The molecular weight excluding hydrogens is 444 g/mol. The summed E-state index contributed by atoms with van der Waals surface area (Å²) in [7, 11) is 0. The molecule has 32 heavy (non-hydrogen) atoms. The molecule has 2 aromatic heterocycles. The van der Waals surface area contributed by atoms with Gasteiger partial charge in [-0.15, -0.1) is 0 Å². The molecule has 1 aromatic carbocycles. The topological polar surface area (TPSA) is 67.6 Å². The molecule has 6 nitrogen and oxygen atoms in total. The minimum absolute atomic E-state index is 0.111. The Bertz CT molecular complexity index is 1350. The van der Waals surface area contributed by atoms with E-state index < -0.39 is 6.04 Å². The summed E-state index contributed by atoms with van der Waals surface area (Å²) in [6, 6.07) is 10.4. The molecule has 0 radical (unpaired) electrons. The van der Waals surface area contributed by atoms with Crippen LogP contribution < -0.4 is 14.9 Å². The molecule has 4 rings (SSSR count). The van der Waals surface area contributed by atoms with Crippen molar-refractivity contribution in [1.82, 2.24) is 14.5 Å². The van der Waals surface area contributed by atoms with E-state index >= 15 is 0 Å². The predicted molar refractivity (Wildman–Crippen MR) is 127 cm³/mol. The van der Waals surface area contributed by atoms with Crippen LogP contribution in [-0.4, -0.2) is 33.4 Å². The number of rotatable bonds is 5. The maximum absolute atomic E-state index is 13.5. The molecule has 1 amide bonds. The highest BCUT2D eigenvalue weighted by Crippen LogP contribution is 2.31. The van der Waals surface area contributed by atoms with Crippen LogP contribution in [0.25, 0.3) is 6.08 Å². The SMILES string of the molecule is CCN(CC)C(=O)C1=C(C)N=c2s/c(=C/c3ccncc3)c(=O)n2[C@@H]1c1ccc(Cl)cc1. The van der Waals surface area contributed by atoms with Gasteiger partial charge in [0, 0.05) is 30.5 Å². The van der Waals surface area contributed by atoms with Gasteiger partial charge in [0.15, 0.2) is 4.80 Å². The van der Waals surface area contributed by atoms with E-state index in [1.165, 1.54) is 11.3 Å². The highest BCUT2D eigenvalue weighted by Gasteiger charge is 2.34. The van der Waals surface area contributed by atoms with Gasteiger partial charge in [-0.2, -0.15) is 0 Å². The molecule has 3 aromatic rings. The number of allylic oxidation sites excluding steroid dienone is 1. The molecule has 0 unspecified atom stereocenters. The Morgan fingerprint density at radius 1 is 1.16 bits per heavy atom. The Labute approximate surface area is 194 Å². The van der Waals surface area contributed by atoms with E-state index in [1.807, 2.05) is 51.1 Å². The first-order valence-corrected chi connectivity index (χ1v) is 11.6. The third-order valence-corrected chi connectivity index (χ3v) is 6.73. The van der Waals surface area contributed by atoms with Crippen molar-refractivity contribution in [2.24, 2.45) is 4.99 Å². The van der Waals surface area contributed by atoms with E-state index in [2.05, 4.69) is 9.98 Å². The average Bonchev–Trinajstić information content (AvgIpc) is 3.09. The van der Waals surface area contributed by atoms with Gasteiger partial charge in [-0.25, -0.2) is 4.99 Å². The first kappa shape index (κ1) is 22.2. The van der Waals surface area contributed by atoms with Gasteiger partial charge in [0.2, 0.25) is 0 Å². The molecule has 3 heterocycles. The average molecular weight is 467 g/mol. The molecule has 0 saturated heterocycles. The van der Waals surface area contributed by atoms with Crippen LogP contribution in [0.15, 0.2) is 69.8 Å². The molecule has 1 aliphatic rings. The number of amides is 1. The Morgan fingerprint density at radius 2 is 1.81 bits per heavy atom. The number of likely N-dealkylation sites (N-methyl/N-ethyl adjacent to an activating group) is 1. The summed E-state index contributed by atoms with van der Waals surface area (Å²) in [6.45, 7) is 6.87. The zero-order valence-corrected chi connectivity index (χ0v) is 19.7. The summed E-state index contributed by atoms with van der Waals surface area (Å²) in [5.41, 5.74) is 2.65. The van der Waals surface area contributed by atoms with Crippen LogP contribution in [0.1, 0.15) is 37.9 Å². The summed E-state index contributed by atoms with van der Waals surface area (Å²) in [4.78, 5) is 38.1. The van der Waals surface area contributed by atoms with Crippen molar-refractivity contribution in [2.75, 3.05) is 13.1 Å². The Kier molecular flexibility index (Phi) is 6.39. The first-order chi connectivity index (χ1) is 15.4. The maximum atomic E-state index is 13.5. The largest absolute Gasteiger partial charge is 0.339 e. The number of nitrogens with zero attached hydrogens (tertiary/aromatic N) is 4. The fourth-order valence-electron chi connectivity index (χ4n) is 3.85. The van der Waals surface area contributed by atoms with Crippen molar-refractivity contribution >= 4 is 34.9 Å². The second kappa shape index (κ2) is 9.22. The van der Waals surface area contributed by atoms with E-state index in [0.717, 1.165) is 11.1 Å². The molecule has 0 N–H and O–H groups in total. The summed E-state index contributed by atoms with van der Waals surface area (Å²) < 4.78 is 2.18. The van der Waals surface area contributed by atoms with Crippen molar-refractivity contribution in [3.05, 3.63) is 95.9 Å². The van der Waals surface area contributed by atoms with Crippen LogP contribution in [0, 0.1) is 0 Å². The minimum Gasteiger partial charge on any atom is -0.339 e. The van der Waals surface area contributed by atoms with Crippen LogP contribution in [0.3, 0.4) is 0 Å². The van der Waals surface area contributed by atoms with Crippen molar-refractivity contribution < 1.29 is 4.79 Å². The molecule has 0 fully saturated rings. The fraction of sp³-hybridized carbons (Fsp3) is 0.250. The van der Waals surface area contributed by atoms with Crippen molar-refractivity contribution in [1.29, 1.82) is 0 Å². The van der Waals surface area contributed by atoms with Gasteiger partial charge in [0.05, 0.1) is 21.8 Å². The number of carbonyl (C=O) groups excluding carboxylic acids is 1. The lowest BCUT2D eigenvalue weighted by Crippen LogP contribution is -2.43. The first-order valence-electron chi connectivity index (χ1n) is 10.4. The molecule has 1 aliphatic heterocycles. The van der Waals surface area contributed by atoms with Crippen LogP contribution in [0.2, 0.25) is 5.02 Å². The van der Waals surface area contributed by atoms with E-state index in [4.69, 9.17) is 11.6 Å². The lowest BCUT2D eigenvalue weighted by atomic mass is 9.94. The number of thiazole rings is 1. The molecular formula is C24H23ClN4O2S. The molecule has 0 saturated carbocycles. The van der Waals surface area contributed by atoms with Gasteiger partial charge in [0.25, 0.3) is 11.5 Å². The molecule has 164 valence electrons. The van der Waals surface area contributed by atoms with Crippen LogP contribution >= 0.6 is 22.9 Å². The zero-order valence-electron chi connectivity index (χ0n) is 18.1. The summed E-state index contributed by atoms with van der Waals surface area (Å²) in [6.07, 6.45) is 5.20. The quantitative estimate of drug-likeness (QED) is 0.580. The predicted octanol–water partition coefficient (Wildman–Crippen LogP) is 3.15. The van der Waals surface area contributed by atoms with Crippen molar-refractivity contribution in [3.63, 3.8) is 0 Å². The monoisotopic (exact) mass is 466 g/mol. The number of pyridine rings is 1. The van der Waals surface area contributed by atoms with Crippen LogP contribution in [0.4, 0.5) is 0 Å². The lowest BCUT2D eigenvalue weighted by molar-refractivity contribution is -0.127. The van der Waals surface area contributed by atoms with E-state index in [0.29, 0.717) is 38.7 Å². The molecule has 0 spiro atoms. The zero-order chi connectivity index (χ0) is 22.8. The molecule has 8 heteroatoms. The second-order valence-corrected chi connectivity index (χ2v) is 8.84. The molecule has 0 aliphatic carbocycles. The summed E-state index contributed by atoms with van der Waals surface area (Å²) in [5, 5.41) is 0.594. The Balaban J connectivity index is 1.96. The van der Waals surface area contributed by atoms with E-state index in [1.54, 1.807) is 34.0 Å².